The molecule has 1 aliphatic carbocycles. The van der Waals surface area contributed by atoms with Crippen molar-refractivity contribution < 1.29 is 36.9 Å². The normalized spacial score (nSPS) is 22.8. The van der Waals surface area contributed by atoms with Gasteiger partial charge in [0.05, 0.1) is 17.7 Å². The Morgan fingerprint density at radius 2 is 1.93 bits per heavy atom. The number of amides is 1. The van der Waals surface area contributed by atoms with Crippen LogP contribution in [-0.2, 0) is 9.53 Å². The van der Waals surface area contributed by atoms with Crippen molar-refractivity contribution in [2.75, 3.05) is 50.8 Å². The second-order valence-corrected chi connectivity index (χ2v) is 10.5. The third-order valence-electron chi connectivity index (χ3n) is 7.88. The molecule has 5 rings (SSSR count). The van der Waals surface area contributed by atoms with Gasteiger partial charge in [-0.3, -0.25) is 4.79 Å². The molecule has 0 radical (unpaired) electrons. The number of rotatable bonds is 7. The number of hydrogen-bond acceptors (Lipinski definition) is 8. The van der Waals surface area contributed by atoms with Gasteiger partial charge in [0.25, 0.3) is 0 Å². The molecule has 40 heavy (non-hydrogen) atoms. The van der Waals surface area contributed by atoms with Gasteiger partial charge in [-0.05, 0) is 42.9 Å². The number of carbonyl (C=O) groups is 1. The number of piperazine rings is 1. The zero-order chi connectivity index (χ0) is 28.4. The summed E-state index contributed by atoms with van der Waals surface area (Å²) < 4.78 is 61.7. The van der Waals surface area contributed by atoms with Crippen LogP contribution in [-0.4, -0.2) is 84.2 Å². The molecule has 1 amide bonds. The van der Waals surface area contributed by atoms with Gasteiger partial charge in [-0.1, -0.05) is 13.0 Å². The molecule has 2 aliphatic heterocycles. The van der Waals surface area contributed by atoms with Gasteiger partial charge in [0, 0.05) is 57.5 Å². The molecule has 2 saturated heterocycles. The molecule has 218 valence electrons. The average Bonchev–Trinajstić information content (AvgIpc) is 3.23. The Bertz CT molecular complexity index is 1200. The third-order valence-corrected chi connectivity index (χ3v) is 7.88. The van der Waals surface area contributed by atoms with Crippen molar-refractivity contribution >= 4 is 11.7 Å². The highest BCUT2D eigenvalue weighted by molar-refractivity contribution is 5.84. The highest BCUT2D eigenvalue weighted by Crippen LogP contribution is 2.43. The van der Waals surface area contributed by atoms with E-state index in [1.807, 2.05) is 6.92 Å². The maximum Gasteiger partial charge on any atom is 0.573 e. The number of fused-ring (bicyclic) bond motifs is 1. The number of carbonyl (C=O) groups excluding carboxylic acids is 1. The first-order chi connectivity index (χ1) is 19.1. The van der Waals surface area contributed by atoms with Crippen LogP contribution in [0.15, 0.2) is 24.5 Å². The molecule has 3 aliphatic rings. The molecule has 9 nitrogen and oxygen atoms in total. The van der Waals surface area contributed by atoms with Crippen molar-refractivity contribution in [1.82, 2.24) is 20.2 Å². The Balaban J connectivity index is 1.31. The SMILES string of the molecule is C[C@@H]1CC(O)c2ncnc(N3CCN(C(=O)[C@H](CNC4CCOCC4)c4ccc(OC(F)(F)F)c(F)c4)CC3)c21. The van der Waals surface area contributed by atoms with Crippen molar-refractivity contribution in [3.8, 4) is 5.75 Å². The second-order valence-electron chi connectivity index (χ2n) is 10.5. The van der Waals surface area contributed by atoms with Crippen LogP contribution in [0.25, 0.3) is 0 Å². The van der Waals surface area contributed by atoms with Crippen molar-refractivity contribution in [2.45, 2.75) is 56.5 Å². The molecule has 3 heterocycles. The Morgan fingerprint density at radius 1 is 1.20 bits per heavy atom. The van der Waals surface area contributed by atoms with E-state index in [1.54, 1.807) is 4.90 Å². The van der Waals surface area contributed by atoms with Gasteiger partial charge >= 0.3 is 6.36 Å². The number of aliphatic hydroxyl groups is 1. The van der Waals surface area contributed by atoms with E-state index in [2.05, 4.69) is 24.9 Å². The lowest BCUT2D eigenvalue weighted by molar-refractivity contribution is -0.275. The van der Waals surface area contributed by atoms with E-state index in [4.69, 9.17) is 4.74 Å². The van der Waals surface area contributed by atoms with Crippen molar-refractivity contribution in [1.29, 1.82) is 0 Å². The van der Waals surface area contributed by atoms with E-state index >= 15 is 0 Å². The number of halogens is 4. The van der Waals surface area contributed by atoms with Crippen LogP contribution in [0.5, 0.6) is 5.75 Å². The largest absolute Gasteiger partial charge is 0.573 e. The van der Waals surface area contributed by atoms with Crippen molar-refractivity contribution in [2.24, 2.45) is 0 Å². The fourth-order valence-corrected chi connectivity index (χ4v) is 5.79. The topological polar surface area (TPSA) is 100 Å². The summed E-state index contributed by atoms with van der Waals surface area (Å²) in [5.74, 6) is -2.29. The Kier molecular flexibility index (Phi) is 8.43. The fourth-order valence-electron chi connectivity index (χ4n) is 5.79. The average molecular weight is 568 g/mol. The molecule has 3 atom stereocenters. The summed E-state index contributed by atoms with van der Waals surface area (Å²) in [4.78, 5) is 26.3. The molecule has 2 N–H and O–H groups in total. The van der Waals surface area contributed by atoms with Crippen molar-refractivity contribution in [3.05, 3.63) is 47.2 Å². The van der Waals surface area contributed by atoms with E-state index in [1.165, 1.54) is 12.4 Å². The molecule has 0 spiro atoms. The van der Waals surface area contributed by atoms with Crippen LogP contribution in [0.2, 0.25) is 0 Å². The predicted octanol–water partition coefficient (Wildman–Crippen LogP) is 3.26. The van der Waals surface area contributed by atoms with E-state index in [9.17, 15) is 27.5 Å². The van der Waals surface area contributed by atoms with Gasteiger partial charge in [0.15, 0.2) is 11.6 Å². The van der Waals surface area contributed by atoms with Crippen LogP contribution < -0.4 is 15.0 Å². The van der Waals surface area contributed by atoms with Gasteiger partial charge in [0.1, 0.15) is 12.1 Å². The number of alkyl halides is 3. The van der Waals surface area contributed by atoms with E-state index in [0.29, 0.717) is 51.5 Å². The number of benzene rings is 1. The molecule has 1 aromatic heterocycles. The van der Waals surface area contributed by atoms with E-state index in [0.717, 1.165) is 36.4 Å². The Labute approximate surface area is 229 Å². The summed E-state index contributed by atoms with van der Waals surface area (Å²) in [6, 6.07) is 3.29. The first-order valence-electron chi connectivity index (χ1n) is 13.5. The smallest absolute Gasteiger partial charge is 0.403 e. The summed E-state index contributed by atoms with van der Waals surface area (Å²) >= 11 is 0. The lowest BCUT2D eigenvalue weighted by Gasteiger charge is -2.38. The van der Waals surface area contributed by atoms with Crippen LogP contribution in [0.1, 0.15) is 60.9 Å². The molecule has 0 saturated carbocycles. The zero-order valence-corrected chi connectivity index (χ0v) is 22.2. The number of anilines is 1. The fraction of sp³-hybridized carbons (Fsp3) is 0.593. The maximum absolute atomic E-state index is 14.6. The van der Waals surface area contributed by atoms with Crippen LogP contribution in [0.3, 0.4) is 0 Å². The number of aliphatic hydroxyl groups excluding tert-OH is 1. The predicted molar refractivity (Wildman–Crippen MR) is 136 cm³/mol. The third kappa shape index (κ3) is 6.31. The number of ether oxygens (including phenoxy) is 2. The van der Waals surface area contributed by atoms with Gasteiger partial charge in [-0.2, -0.15) is 0 Å². The summed E-state index contributed by atoms with van der Waals surface area (Å²) in [6.07, 6.45) is -2.07. The lowest BCUT2D eigenvalue weighted by atomic mass is 9.95. The Hall–Kier alpha value is -3.03. The van der Waals surface area contributed by atoms with Crippen LogP contribution in [0, 0.1) is 5.82 Å². The van der Waals surface area contributed by atoms with Crippen LogP contribution in [0.4, 0.5) is 23.4 Å². The monoisotopic (exact) mass is 567 g/mol. The first kappa shape index (κ1) is 28.5. The quantitative estimate of drug-likeness (QED) is 0.492. The molecule has 13 heteroatoms. The molecular weight excluding hydrogens is 534 g/mol. The standard InChI is InChI=1S/C27H33F4N5O4/c1-16-12-21(37)24-23(16)25(34-15-33-24)35-6-8-36(9-7-35)26(38)19(14-32-18-4-10-39-11-5-18)17-2-3-22(20(28)13-17)40-27(29,30)31/h2-3,13,15-16,18-19,21,32,37H,4-12,14H2,1H3/t16-,19-,21?/m1/s1. The summed E-state index contributed by atoms with van der Waals surface area (Å²) in [5.41, 5.74) is 1.86. The molecule has 1 unspecified atom stereocenters. The van der Waals surface area contributed by atoms with Crippen LogP contribution >= 0.6 is 0 Å². The lowest BCUT2D eigenvalue weighted by Crippen LogP contribution is -2.52. The van der Waals surface area contributed by atoms with E-state index in [-0.39, 0.29) is 30.0 Å². The number of aromatic nitrogens is 2. The summed E-state index contributed by atoms with van der Waals surface area (Å²) in [7, 11) is 0. The number of nitrogens with zero attached hydrogens (tertiary/aromatic N) is 4. The highest BCUT2D eigenvalue weighted by atomic mass is 19.4. The Morgan fingerprint density at radius 3 is 2.60 bits per heavy atom. The minimum absolute atomic E-state index is 0.112. The van der Waals surface area contributed by atoms with Gasteiger partial charge < -0.3 is 29.7 Å². The minimum Gasteiger partial charge on any atom is -0.403 e. The molecule has 1 aromatic carbocycles. The molecular formula is C27H33F4N5O4. The van der Waals surface area contributed by atoms with E-state index < -0.39 is 30.0 Å². The molecule has 2 aromatic rings. The second kappa shape index (κ2) is 11.8. The number of nitrogens with one attached hydrogen (secondary N) is 1. The molecule has 0 bridgehead atoms. The first-order valence-corrected chi connectivity index (χ1v) is 13.5. The minimum atomic E-state index is -5.03. The van der Waals surface area contributed by atoms with Gasteiger partial charge in [-0.15, -0.1) is 13.2 Å². The maximum atomic E-state index is 14.6. The zero-order valence-electron chi connectivity index (χ0n) is 22.2. The summed E-state index contributed by atoms with van der Waals surface area (Å²) in [5, 5.41) is 13.7. The summed E-state index contributed by atoms with van der Waals surface area (Å²) in [6.45, 7) is 5.21. The molecule has 2 fully saturated rings. The number of hydrogen-bond donors (Lipinski definition) is 2. The van der Waals surface area contributed by atoms with Gasteiger partial charge in [0.2, 0.25) is 5.91 Å². The van der Waals surface area contributed by atoms with Crippen molar-refractivity contribution in [3.63, 3.8) is 0 Å². The van der Waals surface area contributed by atoms with Gasteiger partial charge in [-0.25, -0.2) is 14.4 Å². The highest BCUT2D eigenvalue weighted by Gasteiger charge is 2.36.